The maximum Gasteiger partial charge on any atom is 0.416 e. The minimum Gasteiger partial charge on any atom is -0.478 e. The second-order valence-corrected chi connectivity index (χ2v) is 9.45. The highest BCUT2D eigenvalue weighted by atomic mass is 19.4. The summed E-state index contributed by atoms with van der Waals surface area (Å²) in [4.78, 5) is 30.7. The Kier molecular flexibility index (Phi) is 7.62. The Morgan fingerprint density at radius 2 is 1.77 bits per heavy atom. The van der Waals surface area contributed by atoms with Crippen molar-refractivity contribution < 1.29 is 27.9 Å². The molecule has 35 heavy (non-hydrogen) atoms. The number of nitrogens with zero attached hydrogens (tertiary/aromatic N) is 2. The summed E-state index contributed by atoms with van der Waals surface area (Å²) in [6, 6.07) is 8.43. The number of carboxylic acid groups (broad SMARTS) is 1. The number of aryl methyl sites for hydroxylation is 1. The van der Waals surface area contributed by atoms with Crippen LogP contribution in [-0.4, -0.2) is 41.1 Å². The standard InChI is InChI=1S/C26H30F3N3O3/c27-26(28,29)19-7-9-20(10-8-19)32-15-12-18(13-16-32)24(33)31-22-5-1-3-17(22)6-11-23-21(25(34)35)4-2-14-30-23/h2,4,7-10,14,17-18,22H,1,3,5-6,11-13,15-16H2,(H,31,33)(H,34,35). The lowest BCUT2D eigenvalue weighted by Crippen LogP contribution is -2.45. The first-order valence-electron chi connectivity index (χ1n) is 12.1. The third kappa shape index (κ3) is 6.13. The second kappa shape index (κ2) is 10.7. The predicted octanol–water partition coefficient (Wildman–Crippen LogP) is 4.93. The molecule has 2 aromatic rings. The fourth-order valence-electron chi connectivity index (χ4n) is 5.29. The molecule has 1 aliphatic heterocycles. The molecule has 188 valence electrons. The van der Waals surface area contributed by atoms with Gasteiger partial charge in [0.2, 0.25) is 5.91 Å². The highest BCUT2D eigenvalue weighted by Crippen LogP contribution is 2.33. The van der Waals surface area contributed by atoms with Crippen LogP contribution in [-0.2, 0) is 17.4 Å². The van der Waals surface area contributed by atoms with Crippen molar-refractivity contribution in [1.82, 2.24) is 10.3 Å². The van der Waals surface area contributed by atoms with Gasteiger partial charge in [-0.15, -0.1) is 0 Å². The molecule has 1 amide bonds. The lowest BCUT2D eigenvalue weighted by molar-refractivity contribution is -0.137. The molecule has 1 aliphatic carbocycles. The lowest BCUT2D eigenvalue weighted by atomic mass is 9.92. The number of rotatable bonds is 7. The van der Waals surface area contributed by atoms with Gasteiger partial charge in [-0.3, -0.25) is 9.78 Å². The Labute approximate surface area is 202 Å². The Morgan fingerprint density at radius 1 is 1.06 bits per heavy atom. The molecule has 1 saturated heterocycles. The van der Waals surface area contributed by atoms with Gasteiger partial charge in [-0.2, -0.15) is 13.2 Å². The summed E-state index contributed by atoms with van der Waals surface area (Å²) < 4.78 is 38.4. The van der Waals surface area contributed by atoms with E-state index in [0.29, 0.717) is 38.0 Å². The first-order valence-corrected chi connectivity index (χ1v) is 12.1. The van der Waals surface area contributed by atoms with Crippen LogP contribution in [0.15, 0.2) is 42.6 Å². The van der Waals surface area contributed by atoms with Gasteiger partial charge in [0.1, 0.15) is 0 Å². The smallest absolute Gasteiger partial charge is 0.416 e. The highest BCUT2D eigenvalue weighted by molar-refractivity contribution is 5.88. The molecule has 4 rings (SSSR count). The monoisotopic (exact) mass is 489 g/mol. The van der Waals surface area contributed by atoms with Crippen molar-refractivity contribution in [2.45, 2.75) is 57.2 Å². The summed E-state index contributed by atoms with van der Waals surface area (Å²) >= 11 is 0. The first kappa shape index (κ1) is 25.0. The second-order valence-electron chi connectivity index (χ2n) is 9.45. The van der Waals surface area contributed by atoms with Crippen molar-refractivity contribution in [2.24, 2.45) is 11.8 Å². The van der Waals surface area contributed by atoms with E-state index in [1.807, 2.05) is 4.90 Å². The number of amides is 1. The molecule has 2 atom stereocenters. The number of nitrogens with one attached hydrogen (secondary N) is 1. The van der Waals surface area contributed by atoms with Gasteiger partial charge in [-0.25, -0.2) is 4.79 Å². The minimum absolute atomic E-state index is 0.0398. The van der Waals surface area contributed by atoms with E-state index in [-0.39, 0.29) is 29.3 Å². The normalized spacial score (nSPS) is 21.2. The van der Waals surface area contributed by atoms with E-state index >= 15 is 0 Å². The molecule has 6 nitrogen and oxygen atoms in total. The predicted molar refractivity (Wildman–Crippen MR) is 125 cm³/mol. The highest BCUT2D eigenvalue weighted by Gasteiger charge is 2.33. The van der Waals surface area contributed by atoms with E-state index in [1.54, 1.807) is 18.3 Å². The summed E-state index contributed by atoms with van der Waals surface area (Å²) in [6.45, 7) is 1.24. The zero-order chi connectivity index (χ0) is 25.0. The van der Waals surface area contributed by atoms with Crippen LogP contribution in [0.5, 0.6) is 0 Å². The summed E-state index contributed by atoms with van der Waals surface area (Å²) in [5.74, 6) is -0.767. The number of aromatic nitrogens is 1. The van der Waals surface area contributed by atoms with E-state index in [4.69, 9.17) is 0 Å². The molecule has 2 aliphatic rings. The van der Waals surface area contributed by atoms with Crippen molar-refractivity contribution in [2.75, 3.05) is 18.0 Å². The SMILES string of the molecule is O=C(O)c1cccnc1CCC1CCCC1NC(=O)C1CCN(c2ccc(C(F)(F)F)cc2)CC1. The van der Waals surface area contributed by atoms with E-state index in [2.05, 4.69) is 10.3 Å². The van der Waals surface area contributed by atoms with Crippen molar-refractivity contribution in [3.63, 3.8) is 0 Å². The Hall–Kier alpha value is -3.10. The van der Waals surface area contributed by atoms with Gasteiger partial charge in [0, 0.05) is 36.9 Å². The maximum absolute atomic E-state index is 13.0. The number of benzene rings is 1. The molecule has 1 saturated carbocycles. The van der Waals surface area contributed by atoms with E-state index < -0.39 is 17.7 Å². The lowest BCUT2D eigenvalue weighted by Gasteiger charge is -2.34. The number of carbonyl (C=O) groups excluding carboxylic acids is 1. The number of hydrogen-bond donors (Lipinski definition) is 2. The van der Waals surface area contributed by atoms with E-state index in [9.17, 15) is 27.9 Å². The average molecular weight is 490 g/mol. The summed E-state index contributed by atoms with van der Waals surface area (Å²) in [7, 11) is 0. The fraction of sp³-hybridized carbons (Fsp3) is 0.500. The molecule has 2 fully saturated rings. The number of aromatic carboxylic acids is 1. The molecule has 9 heteroatoms. The largest absolute Gasteiger partial charge is 0.478 e. The Balaban J connectivity index is 1.27. The molecule has 2 N–H and O–H groups in total. The van der Waals surface area contributed by atoms with Gasteiger partial charge in [0.05, 0.1) is 16.8 Å². The van der Waals surface area contributed by atoms with Crippen LogP contribution in [0.2, 0.25) is 0 Å². The van der Waals surface area contributed by atoms with E-state index in [0.717, 1.165) is 43.5 Å². The first-order chi connectivity index (χ1) is 16.7. The van der Waals surface area contributed by atoms with Crippen LogP contribution >= 0.6 is 0 Å². The number of piperidine rings is 1. The van der Waals surface area contributed by atoms with Gasteiger partial charge in [0.25, 0.3) is 0 Å². The van der Waals surface area contributed by atoms with Crippen LogP contribution in [0.25, 0.3) is 0 Å². The van der Waals surface area contributed by atoms with Gasteiger partial charge in [-0.1, -0.05) is 6.42 Å². The zero-order valence-corrected chi connectivity index (χ0v) is 19.4. The quantitative estimate of drug-likeness (QED) is 0.576. The van der Waals surface area contributed by atoms with Crippen LogP contribution in [0.1, 0.15) is 60.1 Å². The number of pyridine rings is 1. The molecular formula is C26H30F3N3O3. The van der Waals surface area contributed by atoms with Gasteiger partial charge < -0.3 is 15.3 Å². The zero-order valence-electron chi connectivity index (χ0n) is 19.4. The molecule has 1 aromatic heterocycles. The molecular weight excluding hydrogens is 459 g/mol. The third-order valence-electron chi connectivity index (χ3n) is 7.28. The molecule has 0 bridgehead atoms. The maximum atomic E-state index is 13.0. The fourth-order valence-corrected chi connectivity index (χ4v) is 5.29. The molecule has 2 heterocycles. The summed E-state index contributed by atoms with van der Waals surface area (Å²) in [5, 5.41) is 12.6. The van der Waals surface area contributed by atoms with Gasteiger partial charge in [-0.05, 0) is 80.8 Å². The van der Waals surface area contributed by atoms with Crippen molar-refractivity contribution in [1.29, 1.82) is 0 Å². The number of halogens is 3. The van der Waals surface area contributed by atoms with Crippen LogP contribution < -0.4 is 10.2 Å². The molecule has 0 radical (unpaired) electrons. The topological polar surface area (TPSA) is 82.5 Å². The van der Waals surface area contributed by atoms with Crippen molar-refractivity contribution in [3.05, 3.63) is 59.4 Å². The third-order valence-corrected chi connectivity index (χ3v) is 7.28. The number of anilines is 1. The van der Waals surface area contributed by atoms with Crippen LogP contribution in [0.4, 0.5) is 18.9 Å². The Bertz CT molecular complexity index is 1030. The summed E-state index contributed by atoms with van der Waals surface area (Å²) in [5.41, 5.74) is 0.880. The van der Waals surface area contributed by atoms with Crippen LogP contribution in [0.3, 0.4) is 0 Å². The van der Waals surface area contributed by atoms with E-state index in [1.165, 1.54) is 12.1 Å². The molecule has 1 aromatic carbocycles. The van der Waals surface area contributed by atoms with Gasteiger partial charge in [0.15, 0.2) is 0 Å². The molecule has 2 unspecified atom stereocenters. The average Bonchev–Trinajstić information content (AvgIpc) is 3.29. The number of carbonyl (C=O) groups is 2. The number of alkyl halides is 3. The summed E-state index contributed by atoms with van der Waals surface area (Å²) in [6.07, 6.45) is 2.82. The van der Waals surface area contributed by atoms with Crippen molar-refractivity contribution in [3.8, 4) is 0 Å². The Morgan fingerprint density at radius 3 is 2.43 bits per heavy atom. The minimum atomic E-state index is -4.35. The van der Waals surface area contributed by atoms with Crippen LogP contribution in [0, 0.1) is 11.8 Å². The number of hydrogen-bond acceptors (Lipinski definition) is 4. The number of carboxylic acids is 1. The van der Waals surface area contributed by atoms with Crippen molar-refractivity contribution >= 4 is 17.6 Å². The van der Waals surface area contributed by atoms with Gasteiger partial charge >= 0.3 is 12.1 Å². The molecule has 0 spiro atoms.